The van der Waals surface area contributed by atoms with Gasteiger partial charge in [-0.25, -0.2) is 15.0 Å². The molecule has 0 saturated carbocycles. The van der Waals surface area contributed by atoms with Crippen LogP contribution < -0.4 is 0 Å². The zero-order valence-electron chi connectivity index (χ0n) is 35.6. The van der Waals surface area contributed by atoms with Crippen molar-refractivity contribution in [2.24, 2.45) is 0 Å². The Hall–Kier alpha value is -8.51. The summed E-state index contributed by atoms with van der Waals surface area (Å²) in [6, 6.07) is 82.3. The van der Waals surface area contributed by atoms with Gasteiger partial charge in [-0.3, -0.25) is 0 Å². The number of thiophene rings is 1. The van der Waals surface area contributed by atoms with Crippen molar-refractivity contribution in [1.82, 2.24) is 19.5 Å². The van der Waals surface area contributed by atoms with E-state index in [0.29, 0.717) is 17.5 Å². The number of benzene rings is 10. The van der Waals surface area contributed by atoms with Crippen LogP contribution in [0, 0.1) is 0 Å². The predicted molar refractivity (Wildman–Crippen MR) is 277 cm³/mol. The molecule has 0 atom stereocenters. The van der Waals surface area contributed by atoms with Crippen LogP contribution in [0.25, 0.3) is 126 Å². The fourth-order valence-corrected chi connectivity index (χ4v) is 10.9. The highest BCUT2D eigenvalue weighted by molar-refractivity contribution is 7.26. The summed E-state index contributed by atoms with van der Waals surface area (Å²) in [6.07, 6.45) is 0. The van der Waals surface area contributed by atoms with E-state index >= 15 is 0 Å². The molecular formula is C61H38N4S. The molecule has 66 heavy (non-hydrogen) atoms. The van der Waals surface area contributed by atoms with Gasteiger partial charge in [0.1, 0.15) is 0 Å². The molecule has 0 aliphatic rings. The summed E-state index contributed by atoms with van der Waals surface area (Å²) in [6.45, 7) is 0. The molecule has 0 radical (unpaired) electrons. The second kappa shape index (κ2) is 15.6. The summed E-state index contributed by atoms with van der Waals surface area (Å²) in [4.78, 5) is 15.7. The Morgan fingerprint density at radius 3 is 1.61 bits per heavy atom. The molecule has 0 bridgehead atoms. The first-order valence-electron chi connectivity index (χ1n) is 22.3. The monoisotopic (exact) mass is 858 g/mol. The van der Waals surface area contributed by atoms with Crippen molar-refractivity contribution in [2.75, 3.05) is 0 Å². The van der Waals surface area contributed by atoms with Crippen LogP contribution in [0.3, 0.4) is 0 Å². The van der Waals surface area contributed by atoms with E-state index in [1.165, 1.54) is 58.4 Å². The van der Waals surface area contributed by atoms with Gasteiger partial charge in [0, 0.05) is 58.8 Å². The minimum atomic E-state index is 0.612. The first-order valence-corrected chi connectivity index (χ1v) is 23.1. The molecule has 0 spiro atoms. The van der Waals surface area contributed by atoms with E-state index in [2.05, 4.69) is 217 Å². The molecular weight excluding hydrogens is 821 g/mol. The van der Waals surface area contributed by atoms with Crippen molar-refractivity contribution in [2.45, 2.75) is 0 Å². The second-order valence-electron chi connectivity index (χ2n) is 16.8. The fourth-order valence-electron chi connectivity index (χ4n) is 9.63. The van der Waals surface area contributed by atoms with Crippen LogP contribution in [-0.2, 0) is 0 Å². The van der Waals surface area contributed by atoms with E-state index in [-0.39, 0.29) is 0 Å². The van der Waals surface area contributed by atoms with E-state index in [1.807, 2.05) is 29.5 Å². The maximum atomic E-state index is 5.32. The molecule has 308 valence electrons. The third-order valence-electron chi connectivity index (χ3n) is 12.8. The van der Waals surface area contributed by atoms with Crippen LogP contribution in [-0.4, -0.2) is 19.5 Å². The Balaban J connectivity index is 1.02. The van der Waals surface area contributed by atoms with Gasteiger partial charge in [0.05, 0.1) is 16.7 Å². The average molecular weight is 859 g/mol. The van der Waals surface area contributed by atoms with Gasteiger partial charge in [0.2, 0.25) is 0 Å². The van der Waals surface area contributed by atoms with Gasteiger partial charge in [-0.15, -0.1) is 11.3 Å². The first kappa shape index (κ1) is 38.0. The Bertz CT molecular complexity index is 3980. The highest BCUT2D eigenvalue weighted by Crippen LogP contribution is 2.45. The smallest absolute Gasteiger partial charge is 0.164 e. The minimum Gasteiger partial charge on any atom is -0.309 e. The second-order valence-corrected chi connectivity index (χ2v) is 17.8. The number of hydrogen-bond acceptors (Lipinski definition) is 4. The van der Waals surface area contributed by atoms with E-state index in [0.717, 1.165) is 50.1 Å². The number of hydrogen-bond donors (Lipinski definition) is 0. The van der Waals surface area contributed by atoms with E-state index in [9.17, 15) is 0 Å². The predicted octanol–water partition coefficient (Wildman–Crippen LogP) is 16.5. The van der Waals surface area contributed by atoms with E-state index in [4.69, 9.17) is 15.0 Å². The van der Waals surface area contributed by atoms with Crippen LogP contribution in [0.1, 0.15) is 0 Å². The Kier molecular flexibility index (Phi) is 9.00. The highest BCUT2D eigenvalue weighted by atomic mass is 32.1. The van der Waals surface area contributed by atoms with Crippen molar-refractivity contribution in [3.63, 3.8) is 0 Å². The molecule has 0 aliphatic carbocycles. The summed E-state index contributed by atoms with van der Waals surface area (Å²) in [5, 5.41) is 7.40. The maximum absolute atomic E-state index is 5.32. The summed E-state index contributed by atoms with van der Waals surface area (Å²) in [7, 11) is 0. The number of rotatable bonds is 7. The molecule has 13 rings (SSSR count). The lowest BCUT2D eigenvalue weighted by molar-refractivity contribution is 1.07. The molecule has 0 unspecified atom stereocenters. The van der Waals surface area contributed by atoms with E-state index < -0.39 is 0 Å². The number of aromatic nitrogens is 4. The third kappa shape index (κ3) is 6.48. The van der Waals surface area contributed by atoms with Crippen LogP contribution in [0.2, 0.25) is 0 Å². The van der Waals surface area contributed by atoms with Crippen molar-refractivity contribution in [3.8, 4) is 73.2 Å². The highest BCUT2D eigenvalue weighted by Gasteiger charge is 2.21. The molecule has 0 saturated heterocycles. The summed E-state index contributed by atoms with van der Waals surface area (Å²) >= 11 is 1.85. The lowest BCUT2D eigenvalue weighted by Gasteiger charge is -2.17. The van der Waals surface area contributed by atoms with Crippen LogP contribution in [0.15, 0.2) is 231 Å². The quantitative estimate of drug-likeness (QED) is 0.160. The zero-order valence-corrected chi connectivity index (χ0v) is 36.5. The molecule has 10 aromatic carbocycles. The normalized spacial score (nSPS) is 11.6. The SMILES string of the molecule is c1ccc(-c2ccc(-c3cccc(-c4nc(-c5ccccc5)nc(-c5ccc(-n6c7ccccc7c7cc8ccccc8cc76)c(-c6cccc7c6sc6ccccc67)c5)n4)c3)cc2)cc1. The molecule has 3 aromatic heterocycles. The average Bonchev–Trinajstić information content (AvgIpc) is 3.94. The molecule has 13 aromatic rings. The van der Waals surface area contributed by atoms with Crippen molar-refractivity contribution in [3.05, 3.63) is 231 Å². The van der Waals surface area contributed by atoms with Gasteiger partial charge >= 0.3 is 0 Å². The topological polar surface area (TPSA) is 43.6 Å². The number of para-hydroxylation sites is 1. The van der Waals surface area contributed by atoms with Crippen molar-refractivity contribution >= 4 is 64.1 Å². The molecule has 4 nitrogen and oxygen atoms in total. The van der Waals surface area contributed by atoms with Crippen molar-refractivity contribution in [1.29, 1.82) is 0 Å². The van der Waals surface area contributed by atoms with Crippen LogP contribution >= 0.6 is 11.3 Å². The summed E-state index contributed by atoms with van der Waals surface area (Å²) < 4.78 is 4.97. The lowest BCUT2D eigenvalue weighted by atomic mass is 9.98. The molecule has 0 amide bonds. The lowest BCUT2D eigenvalue weighted by Crippen LogP contribution is -2.02. The van der Waals surface area contributed by atoms with Crippen LogP contribution in [0.5, 0.6) is 0 Å². The Labute approximate surface area is 385 Å². The van der Waals surface area contributed by atoms with Gasteiger partial charge in [0.25, 0.3) is 0 Å². The Morgan fingerprint density at radius 2 is 0.833 bits per heavy atom. The largest absolute Gasteiger partial charge is 0.309 e. The van der Waals surface area contributed by atoms with Gasteiger partial charge in [0.15, 0.2) is 17.5 Å². The first-order chi connectivity index (χ1) is 32.7. The van der Waals surface area contributed by atoms with E-state index in [1.54, 1.807) is 0 Å². The third-order valence-corrected chi connectivity index (χ3v) is 14.1. The van der Waals surface area contributed by atoms with Crippen molar-refractivity contribution < 1.29 is 0 Å². The molecule has 0 N–H and O–H groups in total. The summed E-state index contributed by atoms with van der Waals surface area (Å²) in [5.74, 6) is 1.86. The van der Waals surface area contributed by atoms with Gasteiger partial charge < -0.3 is 4.57 Å². The molecule has 0 aliphatic heterocycles. The number of fused-ring (bicyclic) bond motifs is 7. The minimum absolute atomic E-state index is 0.612. The number of nitrogens with zero attached hydrogens (tertiary/aromatic N) is 4. The fraction of sp³-hybridized carbons (Fsp3) is 0. The molecule has 5 heteroatoms. The standard InChI is InChI=1S/C61H38N4S/c1-3-15-39(16-4-1)40-29-31-41(32-30-40)43-21-13-22-46(35-43)60-62-59(42-17-5-2-6-18-42)63-61(64-60)47-33-34-55(53(37-47)51-26-14-25-50-49-24-10-12-28-57(49)66-58(50)51)65-54-27-11-9-23-48(54)52-36-44-19-7-8-20-45(44)38-56(52)65/h1-38H. The van der Waals surface area contributed by atoms with Gasteiger partial charge in [-0.1, -0.05) is 182 Å². The molecule has 0 fully saturated rings. The zero-order chi connectivity index (χ0) is 43.6. The summed E-state index contributed by atoms with van der Waals surface area (Å²) in [5.41, 5.74) is 13.0. The maximum Gasteiger partial charge on any atom is 0.164 e. The molecule has 3 heterocycles. The van der Waals surface area contributed by atoms with Gasteiger partial charge in [-0.2, -0.15) is 0 Å². The van der Waals surface area contributed by atoms with Crippen LogP contribution in [0.4, 0.5) is 0 Å². The van der Waals surface area contributed by atoms with Gasteiger partial charge in [-0.05, 0) is 81.6 Å². The Morgan fingerprint density at radius 1 is 0.303 bits per heavy atom.